The maximum Gasteiger partial charge on any atom is 0.332 e. The number of hydrogen-bond acceptors (Lipinski definition) is 4. The van der Waals surface area contributed by atoms with Gasteiger partial charge in [-0.3, -0.25) is 0 Å². The Morgan fingerprint density at radius 2 is 1.06 bits per heavy atom. The summed E-state index contributed by atoms with van der Waals surface area (Å²) >= 11 is 0. The van der Waals surface area contributed by atoms with E-state index in [1.165, 1.54) is 12.1 Å². The molecule has 18 heavy (non-hydrogen) atoms. The summed E-state index contributed by atoms with van der Waals surface area (Å²) in [5, 5.41) is 0.585. The Kier molecular flexibility index (Phi) is 2.86. The van der Waals surface area contributed by atoms with E-state index in [1.54, 1.807) is 0 Å². The average molecular weight is 292 g/mol. The van der Waals surface area contributed by atoms with Crippen molar-refractivity contribution in [3.63, 3.8) is 0 Å². The molecule has 2 rings (SSSR count). The van der Waals surface area contributed by atoms with Crippen LogP contribution in [0.5, 0.6) is 0 Å². The summed E-state index contributed by atoms with van der Waals surface area (Å²) in [7, 11) is -9.77. The van der Waals surface area contributed by atoms with Crippen LogP contribution in [0.25, 0.3) is 10.8 Å². The highest BCUT2D eigenvalue weighted by Crippen LogP contribution is 2.24. The van der Waals surface area contributed by atoms with Crippen molar-refractivity contribution < 1.29 is 24.6 Å². The summed E-state index contributed by atoms with van der Waals surface area (Å²) in [6, 6.07) is 6.58. The van der Waals surface area contributed by atoms with Crippen LogP contribution in [0.1, 0.15) is 0 Å². The van der Waals surface area contributed by atoms with Gasteiger partial charge in [0, 0.05) is 0 Å². The first-order valence-corrected chi connectivity index (χ1v) is 7.38. The third kappa shape index (κ3) is 2.49. The maximum absolute atomic E-state index is 12.8. The molecule has 0 saturated heterocycles. The zero-order valence-electron chi connectivity index (χ0n) is 8.67. The summed E-state index contributed by atoms with van der Waals surface area (Å²) in [5.74, 6) is 0. The quantitative estimate of drug-likeness (QED) is 0.795. The van der Waals surface area contributed by atoms with Crippen LogP contribution >= 0.6 is 0 Å². The van der Waals surface area contributed by atoms with Crippen LogP contribution in [0.15, 0.2) is 46.2 Å². The Balaban J connectivity index is 2.76. The van der Waals surface area contributed by atoms with Crippen molar-refractivity contribution >= 4 is 31.2 Å². The summed E-state index contributed by atoms with van der Waals surface area (Å²) in [6.07, 6.45) is 0. The Bertz CT molecular complexity index is 759. The van der Waals surface area contributed by atoms with Gasteiger partial charge in [-0.15, -0.1) is 7.77 Å². The fraction of sp³-hybridized carbons (Fsp3) is 0. The summed E-state index contributed by atoms with van der Waals surface area (Å²) in [6.45, 7) is 0. The zero-order valence-corrected chi connectivity index (χ0v) is 10.3. The number of rotatable bonds is 2. The second-order valence-corrected chi connectivity index (χ2v) is 6.24. The summed E-state index contributed by atoms with van der Waals surface area (Å²) in [5.41, 5.74) is 0. The molecule has 96 valence electrons. The maximum atomic E-state index is 12.8. The number of halogens is 2. The molecule has 0 spiro atoms. The van der Waals surface area contributed by atoms with Crippen molar-refractivity contribution in [3.05, 3.63) is 36.4 Å². The lowest BCUT2D eigenvalue weighted by Crippen LogP contribution is -1.94. The minimum absolute atomic E-state index is 0.118. The van der Waals surface area contributed by atoms with E-state index < -0.39 is 30.2 Å². The first kappa shape index (κ1) is 12.9. The molecule has 0 aliphatic rings. The Morgan fingerprint density at radius 1 is 0.667 bits per heavy atom. The third-order valence-electron chi connectivity index (χ3n) is 2.35. The van der Waals surface area contributed by atoms with E-state index in [4.69, 9.17) is 0 Å². The van der Waals surface area contributed by atoms with Gasteiger partial charge in [0.2, 0.25) is 0 Å². The molecule has 0 heterocycles. The molecule has 2 aromatic carbocycles. The topological polar surface area (TPSA) is 68.3 Å². The van der Waals surface area contributed by atoms with Gasteiger partial charge in [-0.25, -0.2) is 0 Å². The normalized spacial score (nSPS) is 12.8. The van der Waals surface area contributed by atoms with Gasteiger partial charge in [-0.05, 0) is 35.0 Å². The Hall–Kier alpha value is -1.54. The van der Waals surface area contributed by atoms with Crippen molar-refractivity contribution in [2.24, 2.45) is 0 Å². The second-order valence-electron chi connectivity index (χ2n) is 3.55. The van der Waals surface area contributed by atoms with Crippen LogP contribution in [0, 0.1) is 0 Å². The van der Waals surface area contributed by atoms with Crippen LogP contribution in [0.2, 0.25) is 0 Å². The van der Waals surface area contributed by atoms with E-state index in [-0.39, 0.29) is 5.39 Å². The molecule has 0 atom stereocenters. The van der Waals surface area contributed by atoms with Crippen molar-refractivity contribution in [1.29, 1.82) is 0 Å². The van der Waals surface area contributed by atoms with Crippen LogP contribution in [0.3, 0.4) is 0 Å². The molecule has 0 bridgehead atoms. The lowest BCUT2D eigenvalue weighted by atomic mass is 10.1. The van der Waals surface area contributed by atoms with Gasteiger partial charge in [-0.1, -0.05) is 12.1 Å². The lowest BCUT2D eigenvalue weighted by molar-refractivity contribution is 0.550. The first-order chi connectivity index (χ1) is 8.18. The summed E-state index contributed by atoms with van der Waals surface area (Å²) in [4.78, 5) is -1.22. The van der Waals surface area contributed by atoms with E-state index >= 15 is 0 Å². The highest BCUT2D eigenvalue weighted by molar-refractivity contribution is 7.86. The minimum Gasteiger partial charge on any atom is -0.189 e. The fourth-order valence-electron chi connectivity index (χ4n) is 1.51. The standard InChI is InChI=1S/C10H6F2O4S2/c11-17(13,14)9-3-1-7-2-4-10(18(12,15)16)6-8(7)5-9/h1-6H. The lowest BCUT2D eigenvalue weighted by Gasteiger charge is -2.01. The van der Waals surface area contributed by atoms with Crippen LogP contribution in [-0.2, 0) is 20.4 Å². The molecule has 4 nitrogen and oxygen atoms in total. The average Bonchev–Trinajstić information content (AvgIpc) is 2.25. The Morgan fingerprint density at radius 3 is 1.39 bits per heavy atom. The van der Waals surface area contributed by atoms with Gasteiger partial charge >= 0.3 is 20.4 Å². The molecule has 0 unspecified atom stereocenters. The van der Waals surface area contributed by atoms with Gasteiger partial charge < -0.3 is 0 Å². The number of fused-ring (bicyclic) bond motifs is 1. The van der Waals surface area contributed by atoms with Gasteiger partial charge in [-0.2, -0.15) is 16.8 Å². The predicted molar refractivity (Wildman–Crippen MR) is 60.5 cm³/mol. The molecule has 8 heteroatoms. The van der Waals surface area contributed by atoms with Crippen LogP contribution in [-0.4, -0.2) is 16.8 Å². The number of benzene rings is 2. The minimum atomic E-state index is -4.89. The summed E-state index contributed by atoms with van der Waals surface area (Å²) < 4.78 is 68.3. The van der Waals surface area contributed by atoms with Gasteiger partial charge in [0.25, 0.3) is 0 Å². The monoisotopic (exact) mass is 292 g/mol. The highest BCUT2D eigenvalue weighted by atomic mass is 32.3. The smallest absolute Gasteiger partial charge is 0.189 e. The van der Waals surface area contributed by atoms with Crippen molar-refractivity contribution in [3.8, 4) is 0 Å². The van der Waals surface area contributed by atoms with Crippen LogP contribution < -0.4 is 0 Å². The SMILES string of the molecule is O=S(=O)(F)c1ccc2ccc(S(=O)(=O)F)cc2c1. The van der Waals surface area contributed by atoms with Crippen molar-refractivity contribution in [2.45, 2.75) is 9.79 Å². The van der Waals surface area contributed by atoms with E-state index in [0.717, 1.165) is 24.3 Å². The van der Waals surface area contributed by atoms with Crippen molar-refractivity contribution in [2.75, 3.05) is 0 Å². The zero-order chi connectivity index (χ0) is 13.6. The van der Waals surface area contributed by atoms with Crippen LogP contribution in [0.4, 0.5) is 7.77 Å². The van der Waals surface area contributed by atoms with E-state index in [0.29, 0.717) is 5.39 Å². The van der Waals surface area contributed by atoms with E-state index in [9.17, 15) is 24.6 Å². The molecule has 0 radical (unpaired) electrons. The number of hydrogen-bond donors (Lipinski definition) is 0. The molecular formula is C10H6F2O4S2. The molecule has 0 aliphatic carbocycles. The molecule has 2 aromatic rings. The first-order valence-electron chi connectivity index (χ1n) is 4.61. The molecule has 0 saturated carbocycles. The molecule has 0 fully saturated rings. The van der Waals surface area contributed by atoms with Gasteiger partial charge in [0.1, 0.15) is 0 Å². The highest BCUT2D eigenvalue weighted by Gasteiger charge is 2.15. The van der Waals surface area contributed by atoms with E-state index in [2.05, 4.69) is 0 Å². The van der Waals surface area contributed by atoms with E-state index in [1.807, 2.05) is 0 Å². The third-order valence-corrected chi connectivity index (χ3v) is 3.98. The predicted octanol–water partition coefficient (Wildman–Crippen LogP) is 2.16. The molecule has 0 amide bonds. The second kappa shape index (κ2) is 3.99. The fourth-order valence-corrected chi connectivity index (χ4v) is 2.50. The Labute approximate surface area is 102 Å². The van der Waals surface area contributed by atoms with Gasteiger partial charge in [0.05, 0.1) is 9.79 Å². The van der Waals surface area contributed by atoms with Crippen molar-refractivity contribution in [1.82, 2.24) is 0 Å². The van der Waals surface area contributed by atoms with Gasteiger partial charge in [0.15, 0.2) is 0 Å². The molecule has 0 aliphatic heterocycles. The molecular weight excluding hydrogens is 286 g/mol. The largest absolute Gasteiger partial charge is 0.332 e. The molecule has 0 N–H and O–H groups in total. The molecule has 0 aromatic heterocycles.